The van der Waals surface area contributed by atoms with Gasteiger partial charge in [-0.3, -0.25) is 11.3 Å². The Morgan fingerprint density at radius 3 is 2.60 bits per heavy atom. The first kappa shape index (κ1) is 15.8. The lowest BCUT2D eigenvalue weighted by Gasteiger charge is -2.32. The number of hydrogen-bond donors (Lipinski definition) is 2. The molecule has 20 heavy (non-hydrogen) atoms. The fourth-order valence-electron chi connectivity index (χ4n) is 3.14. The summed E-state index contributed by atoms with van der Waals surface area (Å²) >= 11 is 3.55. The number of ether oxygens (including phenoxy) is 1. The van der Waals surface area contributed by atoms with Crippen LogP contribution in [0.1, 0.15) is 38.2 Å². The minimum atomic E-state index is 0.364. The van der Waals surface area contributed by atoms with E-state index in [1.165, 1.54) is 31.2 Å². The second-order valence-corrected chi connectivity index (χ2v) is 6.82. The number of nitrogens with one attached hydrogen (secondary N) is 1. The molecule has 1 unspecified atom stereocenters. The zero-order valence-electron chi connectivity index (χ0n) is 12.4. The Bertz CT molecular complexity index is 430. The van der Waals surface area contributed by atoms with Crippen LogP contribution >= 0.6 is 15.9 Å². The van der Waals surface area contributed by atoms with E-state index in [0.29, 0.717) is 12.0 Å². The monoisotopic (exact) mass is 340 g/mol. The van der Waals surface area contributed by atoms with E-state index < -0.39 is 0 Å². The van der Waals surface area contributed by atoms with Crippen LogP contribution in [0, 0.1) is 11.8 Å². The van der Waals surface area contributed by atoms with Gasteiger partial charge in [0.2, 0.25) is 0 Å². The SMILES string of the molecule is COc1ccc(CC(NN)C2CCC(C)CC2)cc1Br. The van der Waals surface area contributed by atoms with Crippen molar-refractivity contribution < 1.29 is 4.74 Å². The second-order valence-electron chi connectivity index (χ2n) is 5.97. The first-order chi connectivity index (χ1) is 9.63. The molecule has 1 aliphatic carbocycles. The van der Waals surface area contributed by atoms with E-state index >= 15 is 0 Å². The summed E-state index contributed by atoms with van der Waals surface area (Å²) in [5.74, 6) is 8.23. The Morgan fingerprint density at radius 1 is 1.35 bits per heavy atom. The summed E-state index contributed by atoms with van der Waals surface area (Å²) in [5, 5.41) is 0. The molecular weight excluding hydrogens is 316 g/mol. The van der Waals surface area contributed by atoms with Crippen molar-refractivity contribution >= 4 is 15.9 Å². The maximum absolute atomic E-state index is 5.79. The molecule has 0 spiro atoms. The summed E-state index contributed by atoms with van der Waals surface area (Å²) in [6.45, 7) is 2.35. The van der Waals surface area contributed by atoms with Gasteiger partial charge in [-0.2, -0.15) is 0 Å². The van der Waals surface area contributed by atoms with E-state index in [0.717, 1.165) is 22.6 Å². The second kappa shape index (κ2) is 7.43. The van der Waals surface area contributed by atoms with E-state index in [1.54, 1.807) is 7.11 Å². The van der Waals surface area contributed by atoms with Crippen LogP contribution in [0.3, 0.4) is 0 Å². The van der Waals surface area contributed by atoms with Gasteiger partial charge in [0.1, 0.15) is 5.75 Å². The van der Waals surface area contributed by atoms with Crippen LogP contribution in [0.5, 0.6) is 5.75 Å². The Morgan fingerprint density at radius 2 is 2.05 bits per heavy atom. The van der Waals surface area contributed by atoms with Gasteiger partial charge in [0.05, 0.1) is 11.6 Å². The summed E-state index contributed by atoms with van der Waals surface area (Å²) in [4.78, 5) is 0. The average molecular weight is 341 g/mol. The number of nitrogens with two attached hydrogens (primary N) is 1. The van der Waals surface area contributed by atoms with E-state index in [1.807, 2.05) is 6.07 Å². The number of hydrogen-bond acceptors (Lipinski definition) is 3. The van der Waals surface area contributed by atoms with Crippen molar-refractivity contribution in [2.75, 3.05) is 7.11 Å². The highest BCUT2D eigenvalue weighted by Gasteiger charge is 2.25. The predicted octanol–water partition coefficient (Wildman–Crippen LogP) is 3.66. The molecular formula is C16H25BrN2O. The number of halogens is 1. The van der Waals surface area contributed by atoms with Crippen molar-refractivity contribution in [1.82, 2.24) is 5.43 Å². The van der Waals surface area contributed by atoms with E-state index in [4.69, 9.17) is 10.6 Å². The van der Waals surface area contributed by atoms with Gasteiger partial charge in [0, 0.05) is 6.04 Å². The van der Waals surface area contributed by atoms with Crippen LogP contribution in [0.4, 0.5) is 0 Å². The lowest BCUT2D eigenvalue weighted by atomic mass is 9.78. The normalized spacial score (nSPS) is 24.4. The van der Waals surface area contributed by atoms with Crippen LogP contribution in [0.2, 0.25) is 0 Å². The molecule has 3 nitrogen and oxygen atoms in total. The molecule has 1 fully saturated rings. The number of rotatable bonds is 5. The highest BCUT2D eigenvalue weighted by molar-refractivity contribution is 9.10. The number of methoxy groups -OCH3 is 1. The Balaban J connectivity index is 2.00. The van der Waals surface area contributed by atoms with Crippen molar-refractivity contribution in [1.29, 1.82) is 0 Å². The summed E-state index contributed by atoms with van der Waals surface area (Å²) in [6, 6.07) is 6.63. The van der Waals surface area contributed by atoms with Gasteiger partial charge in [-0.1, -0.05) is 25.8 Å². The molecule has 0 radical (unpaired) electrons. The van der Waals surface area contributed by atoms with Crippen LogP contribution in [-0.4, -0.2) is 13.2 Å². The third-order valence-electron chi connectivity index (χ3n) is 4.52. The van der Waals surface area contributed by atoms with Crippen LogP contribution in [0.25, 0.3) is 0 Å². The largest absolute Gasteiger partial charge is 0.496 e. The van der Waals surface area contributed by atoms with Gasteiger partial charge >= 0.3 is 0 Å². The first-order valence-electron chi connectivity index (χ1n) is 7.42. The first-order valence-corrected chi connectivity index (χ1v) is 8.22. The molecule has 2 rings (SSSR count). The van der Waals surface area contributed by atoms with Gasteiger partial charge < -0.3 is 4.74 Å². The molecule has 0 saturated heterocycles. The van der Waals surface area contributed by atoms with Crippen LogP contribution < -0.4 is 16.0 Å². The fourth-order valence-corrected chi connectivity index (χ4v) is 3.73. The fraction of sp³-hybridized carbons (Fsp3) is 0.625. The summed E-state index contributed by atoms with van der Waals surface area (Å²) in [6.07, 6.45) is 6.20. The van der Waals surface area contributed by atoms with Gasteiger partial charge in [0.25, 0.3) is 0 Å². The molecule has 1 atom stereocenters. The van der Waals surface area contributed by atoms with Crippen molar-refractivity contribution in [3.8, 4) is 5.75 Å². The average Bonchev–Trinajstić information content (AvgIpc) is 2.46. The van der Waals surface area contributed by atoms with Crippen LogP contribution in [-0.2, 0) is 6.42 Å². The molecule has 4 heteroatoms. The van der Waals surface area contributed by atoms with Crippen molar-refractivity contribution in [3.63, 3.8) is 0 Å². The molecule has 1 saturated carbocycles. The molecule has 3 N–H and O–H groups in total. The molecule has 112 valence electrons. The minimum Gasteiger partial charge on any atom is -0.496 e. The van der Waals surface area contributed by atoms with E-state index in [-0.39, 0.29) is 0 Å². The zero-order chi connectivity index (χ0) is 14.5. The smallest absolute Gasteiger partial charge is 0.133 e. The zero-order valence-corrected chi connectivity index (χ0v) is 13.9. The van der Waals surface area contributed by atoms with Crippen molar-refractivity contribution in [3.05, 3.63) is 28.2 Å². The third kappa shape index (κ3) is 3.96. The Hall–Kier alpha value is -0.580. The topological polar surface area (TPSA) is 47.3 Å². The van der Waals surface area contributed by atoms with Gasteiger partial charge in [0.15, 0.2) is 0 Å². The Labute approximate surface area is 130 Å². The van der Waals surface area contributed by atoms with Crippen molar-refractivity contribution in [2.24, 2.45) is 17.7 Å². The summed E-state index contributed by atoms with van der Waals surface area (Å²) in [5.41, 5.74) is 4.33. The molecule has 1 aromatic rings. The Kier molecular flexibility index (Phi) is 5.87. The molecule has 0 amide bonds. The highest BCUT2D eigenvalue weighted by Crippen LogP contribution is 2.32. The standard InChI is InChI=1S/C16H25BrN2O/c1-11-3-6-13(7-4-11)15(19-18)10-12-5-8-16(20-2)14(17)9-12/h5,8-9,11,13,15,19H,3-4,6-7,10,18H2,1-2H3. The molecule has 0 aliphatic heterocycles. The lowest BCUT2D eigenvalue weighted by Crippen LogP contribution is -2.43. The molecule has 0 aromatic heterocycles. The quantitative estimate of drug-likeness (QED) is 0.635. The number of hydrazine groups is 1. The highest BCUT2D eigenvalue weighted by atomic mass is 79.9. The van der Waals surface area contributed by atoms with Gasteiger partial charge in [-0.25, -0.2) is 0 Å². The van der Waals surface area contributed by atoms with Crippen molar-refractivity contribution in [2.45, 2.75) is 45.1 Å². The van der Waals surface area contributed by atoms with Gasteiger partial charge in [-0.15, -0.1) is 0 Å². The minimum absolute atomic E-state index is 0.364. The maximum atomic E-state index is 5.79. The van der Waals surface area contributed by atoms with E-state index in [9.17, 15) is 0 Å². The van der Waals surface area contributed by atoms with E-state index in [2.05, 4.69) is 40.4 Å². The van der Waals surface area contributed by atoms with Crippen LogP contribution in [0.15, 0.2) is 22.7 Å². The maximum Gasteiger partial charge on any atom is 0.133 e. The van der Waals surface area contributed by atoms with Gasteiger partial charge in [-0.05, 0) is 64.7 Å². The molecule has 1 aliphatic rings. The summed E-state index contributed by atoms with van der Waals surface area (Å²) in [7, 11) is 1.69. The number of benzene rings is 1. The molecule has 1 aromatic carbocycles. The predicted molar refractivity (Wildman–Crippen MR) is 86.6 cm³/mol. The third-order valence-corrected chi connectivity index (χ3v) is 5.14. The lowest BCUT2D eigenvalue weighted by molar-refractivity contribution is 0.229. The molecule has 0 bridgehead atoms. The summed E-state index contributed by atoms with van der Waals surface area (Å²) < 4.78 is 6.28. The molecule has 0 heterocycles.